The molecule has 0 amide bonds. The van der Waals surface area contributed by atoms with Crippen molar-refractivity contribution in [2.45, 2.75) is 25.9 Å². The van der Waals surface area contributed by atoms with Gasteiger partial charge in [0.2, 0.25) is 0 Å². The Bertz CT molecular complexity index is 507. The van der Waals surface area contributed by atoms with Gasteiger partial charge in [-0.3, -0.25) is 0 Å². The quantitative estimate of drug-likeness (QED) is 0.625. The van der Waals surface area contributed by atoms with Gasteiger partial charge in [-0.2, -0.15) is 8.42 Å². The van der Waals surface area contributed by atoms with Gasteiger partial charge in [-0.25, -0.2) is 0 Å². The van der Waals surface area contributed by atoms with Gasteiger partial charge in [-0.1, -0.05) is 12.1 Å². The molecule has 0 aliphatic carbocycles. The van der Waals surface area contributed by atoms with Crippen LogP contribution >= 0.6 is 0 Å². The molecule has 1 atom stereocenters. The van der Waals surface area contributed by atoms with E-state index in [0.29, 0.717) is 5.75 Å². The van der Waals surface area contributed by atoms with E-state index < -0.39 is 10.1 Å². The van der Waals surface area contributed by atoms with E-state index in [1.165, 1.54) is 0 Å². The normalized spacial score (nSPS) is 19.3. The molecule has 1 heterocycles. The van der Waals surface area contributed by atoms with Crippen LogP contribution in [0.5, 0.6) is 5.75 Å². The van der Waals surface area contributed by atoms with E-state index >= 15 is 0 Å². The average molecular weight is 279 g/mol. The first-order valence-electron chi connectivity index (χ1n) is 5.57. The first kappa shape index (κ1) is 16.0. The summed E-state index contributed by atoms with van der Waals surface area (Å²) in [4.78, 5) is 0. The Morgan fingerprint density at radius 3 is 2.67 bits per heavy atom. The van der Waals surface area contributed by atoms with Gasteiger partial charge in [-0.05, 0) is 31.4 Å². The van der Waals surface area contributed by atoms with Crippen LogP contribution in [0.3, 0.4) is 0 Å². The molecule has 0 bridgehead atoms. The predicted octanol–water partition coefficient (Wildman–Crippen LogP) is 1.80. The summed E-state index contributed by atoms with van der Waals surface area (Å²) in [6.45, 7) is 2.62. The molecule has 0 saturated carbocycles. The minimum Gasteiger partial charge on any atom is -0.382 e. The first-order valence-corrected chi connectivity index (χ1v) is 7.39. The third-order valence-corrected chi connectivity index (χ3v) is 3.17. The van der Waals surface area contributed by atoms with Crippen molar-refractivity contribution >= 4 is 39.7 Å². The standard InChI is InChI=1S/C12H16O4S.Na/c1-9-5-6-10(11-4-3-7-15-11)12(8-9)16-17(2,13)14;/h5-6,8,11H,3-4,7H2,1-2H3;. The molecule has 1 aromatic carbocycles. The van der Waals surface area contributed by atoms with Crippen LogP contribution in [0, 0.1) is 6.92 Å². The fourth-order valence-corrected chi connectivity index (χ4v) is 2.44. The second-order valence-corrected chi connectivity index (χ2v) is 5.91. The third-order valence-electron chi connectivity index (χ3n) is 2.69. The molecule has 2 rings (SSSR count). The fourth-order valence-electron chi connectivity index (χ4n) is 1.97. The van der Waals surface area contributed by atoms with Gasteiger partial charge in [0.15, 0.2) is 0 Å². The predicted molar refractivity (Wildman–Crippen MR) is 70.3 cm³/mol. The summed E-state index contributed by atoms with van der Waals surface area (Å²) in [5.74, 6) is 0.388. The largest absolute Gasteiger partial charge is 0.382 e. The van der Waals surface area contributed by atoms with Crippen molar-refractivity contribution in [1.82, 2.24) is 0 Å². The zero-order valence-electron chi connectivity index (χ0n) is 11.0. The molecule has 1 saturated heterocycles. The van der Waals surface area contributed by atoms with Crippen LogP contribution in [0.25, 0.3) is 0 Å². The molecular weight excluding hydrogens is 263 g/mol. The Kier molecular flexibility index (Phi) is 5.67. The first-order chi connectivity index (χ1) is 7.96. The topological polar surface area (TPSA) is 52.6 Å². The van der Waals surface area contributed by atoms with E-state index in [2.05, 4.69) is 0 Å². The van der Waals surface area contributed by atoms with E-state index in [4.69, 9.17) is 8.92 Å². The SMILES string of the molecule is Cc1ccc(C2CCCO2)c(OS(C)(=O)=O)c1.[Na]. The van der Waals surface area contributed by atoms with Crippen molar-refractivity contribution in [1.29, 1.82) is 0 Å². The van der Waals surface area contributed by atoms with Crippen molar-refractivity contribution in [3.8, 4) is 5.75 Å². The van der Waals surface area contributed by atoms with Crippen LogP contribution in [-0.4, -0.2) is 50.8 Å². The summed E-state index contributed by atoms with van der Waals surface area (Å²) in [6.07, 6.45) is 2.90. The second kappa shape index (κ2) is 6.39. The van der Waals surface area contributed by atoms with Gasteiger partial charge in [0, 0.05) is 41.7 Å². The van der Waals surface area contributed by atoms with Crippen LogP contribution in [0.1, 0.15) is 30.1 Å². The molecule has 1 fully saturated rings. The molecule has 0 aromatic heterocycles. The van der Waals surface area contributed by atoms with E-state index in [-0.39, 0.29) is 35.7 Å². The molecule has 0 N–H and O–H groups in total. The molecule has 95 valence electrons. The van der Waals surface area contributed by atoms with Crippen molar-refractivity contribution in [2.75, 3.05) is 12.9 Å². The molecule has 1 aromatic rings. The van der Waals surface area contributed by atoms with Crippen LogP contribution in [-0.2, 0) is 14.9 Å². The van der Waals surface area contributed by atoms with Crippen LogP contribution in [0.4, 0.5) is 0 Å². The van der Waals surface area contributed by atoms with Crippen LogP contribution < -0.4 is 4.18 Å². The fraction of sp³-hybridized carbons (Fsp3) is 0.500. The maximum atomic E-state index is 11.2. The Morgan fingerprint density at radius 1 is 1.39 bits per heavy atom. The maximum Gasteiger partial charge on any atom is 0.306 e. The minimum atomic E-state index is -3.50. The Labute approximate surface area is 130 Å². The van der Waals surface area contributed by atoms with Crippen molar-refractivity contribution in [3.63, 3.8) is 0 Å². The summed E-state index contributed by atoms with van der Waals surface area (Å²) in [5, 5.41) is 0. The minimum absolute atomic E-state index is 0. The summed E-state index contributed by atoms with van der Waals surface area (Å²) in [7, 11) is -3.50. The van der Waals surface area contributed by atoms with E-state index in [0.717, 1.165) is 36.8 Å². The average Bonchev–Trinajstić information content (AvgIpc) is 2.68. The van der Waals surface area contributed by atoms with E-state index in [1.54, 1.807) is 6.07 Å². The zero-order chi connectivity index (χ0) is 12.5. The molecule has 4 nitrogen and oxygen atoms in total. The number of rotatable bonds is 3. The van der Waals surface area contributed by atoms with Gasteiger partial charge < -0.3 is 8.92 Å². The molecule has 1 aliphatic rings. The smallest absolute Gasteiger partial charge is 0.306 e. The number of hydrogen-bond acceptors (Lipinski definition) is 4. The van der Waals surface area contributed by atoms with Gasteiger partial charge in [0.1, 0.15) is 5.75 Å². The third kappa shape index (κ3) is 4.24. The van der Waals surface area contributed by atoms with Crippen LogP contribution in [0.2, 0.25) is 0 Å². The summed E-state index contributed by atoms with van der Waals surface area (Å²) >= 11 is 0. The van der Waals surface area contributed by atoms with E-state index in [9.17, 15) is 8.42 Å². The van der Waals surface area contributed by atoms with Crippen molar-refractivity contribution in [3.05, 3.63) is 29.3 Å². The molecule has 6 heteroatoms. The second-order valence-electron chi connectivity index (χ2n) is 4.33. The molecule has 18 heavy (non-hydrogen) atoms. The van der Waals surface area contributed by atoms with E-state index in [1.807, 2.05) is 19.1 Å². The van der Waals surface area contributed by atoms with Crippen molar-refractivity contribution in [2.24, 2.45) is 0 Å². The molecular formula is C12H16NaO4S. The Morgan fingerprint density at radius 2 is 2.11 bits per heavy atom. The summed E-state index contributed by atoms with van der Waals surface area (Å²) < 4.78 is 33.0. The van der Waals surface area contributed by atoms with Gasteiger partial charge in [0.05, 0.1) is 12.4 Å². The summed E-state index contributed by atoms with van der Waals surface area (Å²) in [5.41, 5.74) is 1.78. The Hall–Kier alpha value is -0.0700. The monoisotopic (exact) mass is 279 g/mol. The van der Waals surface area contributed by atoms with Crippen LogP contribution in [0.15, 0.2) is 18.2 Å². The van der Waals surface area contributed by atoms with Gasteiger partial charge in [-0.15, -0.1) is 0 Å². The molecule has 0 spiro atoms. The molecule has 1 radical (unpaired) electrons. The van der Waals surface area contributed by atoms with Gasteiger partial charge in [0.25, 0.3) is 0 Å². The number of hydrogen-bond donors (Lipinski definition) is 0. The number of benzene rings is 1. The Balaban J connectivity index is 0.00000162. The maximum absolute atomic E-state index is 11.2. The van der Waals surface area contributed by atoms with Crippen molar-refractivity contribution < 1.29 is 17.3 Å². The van der Waals surface area contributed by atoms with Gasteiger partial charge >= 0.3 is 10.1 Å². The molecule has 1 unspecified atom stereocenters. The number of ether oxygens (including phenoxy) is 1. The molecule has 1 aliphatic heterocycles. The zero-order valence-corrected chi connectivity index (χ0v) is 13.8. The summed E-state index contributed by atoms with van der Waals surface area (Å²) in [6, 6.07) is 5.55. The number of aryl methyl sites for hydroxylation is 1.